The van der Waals surface area contributed by atoms with Crippen LogP contribution in [0.4, 0.5) is 17.1 Å². The van der Waals surface area contributed by atoms with Gasteiger partial charge in [-0.15, -0.1) is 0 Å². The van der Waals surface area contributed by atoms with Crippen molar-refractivity contribution in [1.29, 1.82) is 0 Å². The molecule has 1 atom stereocenters. The number of hydrogen-bond donors (Lipinski definition) is 1. The van der Waals surface area contributed by atoms with Crippen molar-refractivity contribution >= 4 is 39.9 Å². The molecule has 1 aromatic heterocycles. The van der Waals surface area contributed by atoms with E-state index in [1.165, 1.54) is 11.8 Å². The van der Waals surface area contributed by atoms with Crippen molar-refractivity contribution in [3.05, 3.63) is 77.9 Å². The first kappa shape index (κ1) is 22.4. The van der Waals surface area contributed by atoms with E-state index in [2.05, 4.69) is 27.0 Å². The number of aryl methyl sites for hydroxylation is 1. The van der Waals surface area contributed by atoms with Crippen LogP contribution >= 0.6 is 11.8 Å². The van der Waals surface area contributed by atoms with Crippen LogP contribution in [0.2, 0.25) is 0 Å². The number of thioether (sulfide) groups is 1. The Bertz CT molecular complexity index is 1180. The smallest absolute Gasteiger partial charge is 0.247 e. The van der Waals surface area contributed by atoms with Crippen molar-refractivity contribution in [1.82, 2.24) is 14.9 Å². The summed E-state index contributed by atoms with van der Waals surface area (Å²) in [7, 11) is 0. The largest absolute Gasteiger partial charge is 0.399 e. The minimum absolute atomic E-state index is 0.0270. The van der Waals surface area contributed by atoms with Gasteiger partial charge in [0.25, 0.3) is 0 Å². The van der Waals surface area contributed by atoms with E-state index in [0.717, 1.165) is 48.9 Å². The number of carbonyl (C=O) groups is 1. The molecular formula is C25H26N6O2S. The molecule has 8 nitrogen and oxygen atoms in total. The lowest BCUT2D eigenvalue weighted by molar-refractivity contribution is -0.126. The molecule has 2 aromatic carbocycles. The van der Waals surface area contributed by atoms with E-state index in [-0.39, 0.29) is 11.2 Å². The summed E-state index contributed by atoms with van der Waals surface area (Å²) in [6.07, 6.45) is 3.42. The molecule has 5 rings (SSSR count). The van der Waals surface area contributed by atoms with Gasteiger partial charge in [-0.3, -0.25) is 19.7 Å². The quantitative estimate of drug-likeness (QED) is 0.563. The third kappa shape index (κ3) is 4.90. The highest BCUT2D eigenvalue weighted by molar-refractivity contribution is 8.15. The van der Waals surface area contributed by atoms with Gasteiger partial charge >= 0.3 is 0 Å². The van der Waals surface area contributed by atoms with Gasteiger partial charge in [0.1, 0.15) is 5.25 Å². The van der Waals surface area contributed by atoms with Gasteiger partial charge in [0.15, 0.2) is 5.17 Å². The Balaban J connectivity index is 1.43. The summed E-state index contributed by atoms with van der Waals surface area (Å²) in [6, 6.07) is 15.5. The Morgan fingerprint density at radius 1 is 1.06 bits per heavy atom. The maximum Gasteiger partial charge on any atom is 0.247 e. The number of anilines is 2. The van der Waals surface area contributed by atoms with Crippen LogP contribution in [-0.4, -0.2) is 52.2 Å². The number of morpholine rings is 1. The first-order valence-electron chi connectivity index (χ1n) is 11.2. The van der Waals surface area contributed by atoms with Crippen molar-refractivity contribution in [2.24, 2.45) is 4.99 Å². The maximum atomic E-state index is 13.4. The van der Waals surface area contributed by atoms with Crippen LogP contribution in [0.15, 0.2) is 65.9 Å². The van der Waals surface area contributed by atoms with Gasteiger partial charge in [-0.25, -0.2) is 4.99 Å². The Morgan fingerprint density at radius 3 is 2.47 bits per heavy atom. The predicted octanol–water partition coefficient (Wildman–Crippen LogP) is 3.71. The van der Waals surface area contributed by atoms with Crippen LogP contribution < -0.4 is 10.6 Å². The second-order valence-electron chi connectivity index (χ2n) is 8.25. The summed E-state index contributed by atoms with van der Waals surface area (Å²) in [4.78, 5) is 31.1. The summed E-state index contributed by atoms with van der Waals surface area (Å²) >= 11 is 1.45. The first-order valence-corrected chi connectivity index (χ1v) is 12.1. The second kappa shape index (κ2) is 9.82. The van der Waals surface area contributed by atoms with E-state index < -0.39 is 0 Å². The third-order valence-electron chi connectivity index (χ3n) is 5.79. The minimum Gasteiger partial charge on any atom is -0.399 e. The van der Waals surface area contributed by atoms with Gasteiger partial charge in [0.05, 0.1) is 43.0 Å². The Morgan fingerprint density at radius 2 is 1.79 bits per heavy atom. The molecule has 0 aliphatic carbocycles. The number of nitrogen functional groups attached to an aromatic ring is 1. The van der Waals surface area contributed by atoms with Crippen molar-refractivity contribution in [2.75, 3.05) is 36.9 Å². The molecule has 0 radical (unpaired) electrons. The molecule has 0 saturated carbocycles. The zero-order chi connectivity index (χ0) is 23.5. The maximum absolute atomic E-state index is 13.4. The SMILES string of the molecule is Cc1cnc(CN2C(=O)C(c3ccc(N)cc3)S/C2=N\c2ccc(N3CCOCC3)cc2)cn1. The van der Waals surface area contributed by atoms with E-state index >= 15 is 0 Å². The zero-order valence-corrected chi connectivity index (χ0v) is 19.7. The Hall–Kier alpha value is -3.43. The fourth-order valence-corrected chi connectivity index (χ4v) is 5.07. The number of amides is 1. The lowest BCUT2D eigenvalue weighted by atomic mass is 10.1. The average Bonchev–Trinajstić information content (AvgIpc) is 3.17. The number of nitrogens with two attached hydrogens (primary N) is 1. The van der Waals surface area contributed by atoms with Crippen molar-refractivity contribution in [3.8, 4) is 0 Å². The van der Waals surface area contributed by atoms with Crippen LogP contribution in [0.3, 0.4) is 0 Å². The van der Waals surface area contributed by atoms with E-state index in [1.54, 1.807) is 17.3 Å². The number of rotatable bonds is 5. The number of nitrogens with zero attached hydrogens (tertiary/aromatic N) is 5. The average molecular weight is 475 g/mol. The van der Waals surface area contributed by atoms with Crippen molar-refractivity contribution in [3.63, 3.8) is 0 Å². The number of carbonyl (C=O) groups excluding carboxylic acids is 1. The van der Waals surface area contributed by atoms with Gasteiger partial charge in [-0.1, -0.05) is 23.9 Å². The molecule has 9 heteroatoms. The first-order chi connectivity index (χ1) is 16.6. The number of aliphatic imine (C=N–C) groups is 1. The van der Waals surface area contributed by atoms with Crippen LogP contribution in [0, 0.1) is 6.92 Å². The molecule has 2 fully saturated rings. The van der Waals surface area contributed by atoms with Crippen LogP contribution in [0.25, 0.3) is 0 Å². The molecule has 1 unspecified atom stereocenters. The molecule has 2 aliphatic heterocycles. The van der Waals surface area contributed by atoms with Crippen LogP contribution in [0.1, 0.15) is 22.2 Å². The molecule has 174 valence electrons. The monoisotopic (exact) mass is 474 g/mol. The molecule has 0 bridgehead atoms. The van der Waals surface area contributed by atoms with Gasteiger partial charge in [-0.2, -0.15) is 0 Å². The van der Waals surface area contributed by atoms with Gasteiger partial charge < -0.3 is 15.4 Å². The molecule has 2 saturated heterocycles. The summed E-state index contributed by atoms with van der Waals surface area (Å²) in [6.45, 7) is 5.45. The van der Waals surface area contributed by atoms with Crippen LogP contribution in [-0.2, 0) is 16.1 Å². The highest BCUT2D eigenvalue weighted by Crippen LogP contribution is 2.41. The highest BCUT2D eigenvalue weighted by Gasteiger charge is 2.39. The van der Waals surface area contributed by atoms with E-state index in [4.69, 9.17) is 15.5 Å². The van der Waals surface area contributed by atoms with Gasteiger partial charge in [0.2, 0.25) is 5.91 Å². The fourth-order valence-electron chi connectivity index (χ4n) is 3.90. The second-order valence-corrected chi connectivity index (χ2v) is 9.32. The summed E-state index contributed by atoms with van der Waals surface area (Å²) < 4.78 is 5.44. The van der Waals surface area contributed by atoms with Crippen molar-refractivity contribution in [2.45, 2.75) is 18.7 Å². The third-order valence-corrected chi connectivity index (χ3v) is 7.02. The summed E-state index contributed by atoms with van der Waals surface area (Å²) in [5, 5.41) is 0.263. The van der Waals surface area contributed by atoms with E-state index in [0.29, 0.717) is 23.1 Å². The number of aromatic nitrogens is 2. The topological polar surface area (TPSA) is 96.9 Å². The van der Waals surface area contributed by atoms with Gasteiger partial charge in [-0.05, 0) is 48.9 Å². The molecular weight excluding hydrogens is 448 g/mol. The summed E-state index contributed by atoms with van der Waals surface area (Å²) in [5.74, 6) is -0.0270. The molecule has 2 N–H and O–H groups in total. The molecule has 34 heavy (non-hydrogen) atoms. The van der Waals surface area contributed by atoms with Gasteiger partial charge in [0, 0.05) is 30.7 Å². The normalized spacial score (nSPS) is 19.7. The predicted molar refractivity (Wildman–Crippen MR) is 135 cm³/mol. The Kier molecular flexibility index (Phi) is 6.46. The Labute approximate surface area is 202 Å². The standard InChI is InChI=1S/C25H26N6O2S/c1-17-14-28-21(15-27-17)16-31-24(32)23(18-2-4-19(26)5-3-18)34-25(31)29-20-6-8-22(9-7-20)30-10-12-33-13-11-30/h2-9,14-15,23H,10-13,16,26H2,1H3/b29-25-. The molecule has 3 heterocycles. The highest BCUT2D eigenvalue weighted by atomic mass is 32.2. The van der Waals surface area contributed by atoms with Crippen molar-refractivity contribution < 1.29 is 9.53 Å². The summed E-state index contributed by atoms with van der Waals surface area (Å²) in [5.41, 5.74) is 10.9. The molecule has 1 amide bonds. The minimum atomic E-state index is -0.384. The lowest BCUT2D eigenvalue weighted by Crippen LogP contribution is -2.36. The van der Waals surface area contributed by atoms with Crippen LogP contribution in [0.5, 0.6) is 0 Å². The molecule has 2 aliphatic rings. The number of amidine groups is 1. The number of ether oxygens (including phenoxy) is 1. The molecule has 3 aromatic rings. The number of hydrogen-bond acceptors (Lipinski definition) is 8. The van der Waals surface area contributed by atoms with E-state index in [1.807, 2.05) is 43.3 Å². The number of benzene rings is 2. The zero-order valence-electron chi connectivity index (χ0n) is 18.9. The fraction of sp³-hybridized carbons (Fsp3) is 0.280. The lowest BCUT2D eigenvalue weighted by Gasteiger charge is -2.28. The molecule has 0 spiro atoms. The van der Waals surface area contributed by atoms with E-state index in [9.17, 15) is 4.79 Å².